The van der Waals surface area contributed by atoms with Crippen molar-refractivity contribution in [3.63, 3.8) is 0 Å². The number of furan rings is 1. The second-order valence-electron chi connectivity index (χ2n) is 6.64. The molecule has 0 unspecified atom stereocenters. The summed E-state index contributed by atoms with van der Waals surface area (Å²) in [6.07, 6.45) is 2.32. The minimum absolute atomic E-state index is 0.177. The molecule has 0 saturated heterocycles. The Bertz CT molecular complexity index is 895. The molecular formula is C20H23N3O4. The van der Waals surface area contributed by atoms with Gasteiger partial charge in [0.2, 0.25) is 0 Å². The van der Waals surface area contributed by atoms with Crippen LogP contribution in [0.4, 0.5) is 0 Å². The minimum Gasteiger partial charge on any atom is -0.497 e. The van der Waals surface area contributed by atoms with E-state index in [2.05, 4.69) is 10.5 Å². The van der Waals surface area contributed by atoms with Gasteiger partial charge in [0.05, 0.1) is 12.8 Å². The highest BCUT2D eigenvalue weighted by atomic mass is 16.5. The number of hydrogen-bond donors (Lipinski definition) is 1. The topological polar surface area (TPSA) is 84.1 Å². The van der Waals surface area contributed by atoms with Crippen LogP contribution in [-0.2, 0) is 6.42 Å². The van der Waals surface area contributed by atoms with Gasteiger partial charge in [-0.2, -0.15) is 5.10 Å². The molecule has 0 aliphatic heterocycles. The first kappa shape index (κ1) is 18.7. The summed E-state index contributed by atoms with van der Waals surface area (Å²) in [5.74, 6) is 1.29. The summed E-state index contributed by atoms with van der Waals surface area (Å²) in [5, 5.41) is 4.32. The van der Waals surface area contributed by atoms with Crippen LogP contribution < -0.4 is 10.2 Å². The normalized spacial score (nSPS) is 14.6. The molecule has 2 amide bonds. The average molecular weight is 369 g/mol. The molecule has 7 nitrogen and oxygen atoms in total. The number of benzene rings is 1. The molecule has 27 heavy (non-hydrogen) atoms. The van der Waals surface area contributed by atoms with Crippen molar-refractivity contribution in [1.82, 2.24) is 10.3 Å². The van der Waals surface area contributed by atoms with Gasteiger partial charge in [0.15, 0.2) is 5.76 Å². The Morgan fingerprint density at radius 2 is 1.89 bits per heavy atom. The van der Waals surface area contributed by atoms with Crippen molar-refractivity contribution >= 4 is 17.5 Å². The molecule has 1 heterocycles. The predicted octanol–water partition coefficient (Wildman–Crippen LogP) is 2.77. The number of nitrogens with one attached hydrogen (secondary N) is 1. The molecule has 7 heteroatoms. The van der Waals surface area contributed by atoms with Gasteiger partial charge >= 0.3 is 0 Å². The van der Waals surface area contributed by atoms with E-state index >= 15 is 0 Å². The van der Waals surface area contributed by atoms with E-state index in [1.54, 1.807) is 45.5 Å². The van der Waals surface area contributed by atoms with Crippen LogP contribution in [0.25, 0.3) is 0 Å². The lowest BCUT2D eigenvalue weighted by Gasteiger charge is -2.13. The van der Waals surface area contributed by atoms with Gasteiger partial charge in [-0.05, 0) is 44.0 Å². The van der Waals surface area contributed by atoms with Crippen molar-refractivity contribution in [2.75, 3.05) is 21.2 Å². The van der Waals surface area contributed by atoms with Gasteiger partial charge < -0.3 is 14.1 Å². The number of amides is 2. The molecule has 2 aromatic rings. The zero-order chi connectivity index (χ0) is 19.6. The van der Waals surface area contributed by atoms with Crippen molar-refractivity contribution in [2.45, 2.75) is 26.2 Å². The lowest BCUT2D eigenvalue weighted by Crippen LogP contribution is -2.23. The number of ether oxygens (including phenoxy) is 1. The summed E-state index contributed by atoms with van der Waals surface area (Å²) in [4.78, 5) is 26.1. The molecule has 1 aromatic carbocycles. The third-order valence-corrected chi connectivity index (χ3v) is 4.57. The fourth-order valence-electron chi connectivity index (χ4n) is 3.11. The molecule has 0 saturated carbocycles. The van der Waals surface area contributed by atoms with E-state index < -0.39 is 0 Å². The molecular weight excluding hydrogens is 346 g/mol. The maximum atomic E-state index is 12.3. The Balaban J connectivity index is 1.84. The third kappa shape index (κ3) is 3.72. The molecule has 142 valence electrons. The van der Waals surface area contributed by atoms with Gasteiger partial charge in [-0.1, -0.05) is 0 Å². The minimum atomic E-state index is -0.303. The van der Waals surface area contributed by atoms with E-state index in [1.165, 1.54) is 4.90 Å². The number of hydrogen-bond acceptors (Lipinski definition) is 5. The quantitative estimate of drug-likeness (QED) is 0.840. The first-order chi connectivity index (χ1) is 12.9. The Morgan fingerprint density at radius 1 is 1.19 bits per heavy atom. The largest absolute Gasteiger partial charge is 0.497 e. The first-order valence-electron chi connectivity index (χ1n) is 8.77. The Hall–Kier alpha value is -3.09. The molecule has 3 rings (SSSR count). The van der Waals surface area contributed by atoms with Crippen molar-refractivity contribution in [3.8, 4) is 5.75 Å². The highest BCUT2D eigenvalue weighted by molar-refractivity contribution is 6.07. The average Bonchev–Trinajstić information content (AvgIpc) is 3.02. The van der Waals surface area contributed by atoms with Crippen LogP contribution in [0.2, 0.25) is 0 Å². The fraction of sp³-hybridized carbons (Fsp3) is 0.350. The third-order valence-electron chi connectivity index (χ3n) is 4.57. The molecule has 0 atom stereocenters. The summed E-state index contributed by atoms with van der Waals surface area (Å²) in [7, 11) is 4.95. The zero-order valence-electron chi connectivity index (χ0n) is 16.0. The van der Waals surface area contributed by atoms with Crippen LogP contribution >= 0.6 is 0 Å². The number of fused-ring (bicyclic) bond motifs is 1. The molecule has 1 aromatic heterocycles. The number of nitrogens with zero attached hydrogens (tertiary/aromatic N) is 2. The molecule has 1 N–H and O–H groups in total. The van der Waals surface area contributed by atoms with Crippen molar-refractivity contribution in [1.29, 1.82) is 0 Å². The maximum Gasteiger partial charge on any atom is 0.289 e. The van der Waals surface area contributed by atoms with Crippen LogP contribution in [-0.4, -0.2) is 43.6 Å². The van der Waals surface area contributed by atoms with E-state index in [1.807, 2.05) is 6.92 Å². The van der Waals surface area contributed by atoms with E-state index in [-0.39, 0.29) is 11.8 Å². The van der Waals surface area contributed by atoms with E-state index in [0.29, 0.717) is 23.5 Å². The van der Waals surface area contributed by atoms with Crippen LogP contribution in [0.1, 0.15) is 50.6 Å². The van der Waals surface area contributed by atoms with Gasteiger partial charge in [0.1, 0.15) is 11.5 Å². The number of hydrazone groups is 1. The van der Waals surface area contributed by atoms with Crippen molar-refractivity contribution in [3.05, 3.63) is 52.5 Å². The lowest BCUT2D eigenvalue weighted by molar-refractivity contribution is 0.0793. The second-order valence-corrected chi connectivity index (χ2v) is 6.64. The van der Waals surface area contributed by atoms with E-state index in [9.17, 15) is 9.59 Å². The highest BCUT2D eigenvalue weighted by Crippen LogP contribution is 2.30. The van der Waals surface area contributed by atoms with E-state index in [0.717, 1.165) is 35.4 Å². The molecule has 0 radical (unpaired) electrons. The van der Waals surface area contributed by atoms with Crippen LogP contribution in [0.3, 0.4) is 0 Å². The summed E-state index contributed by atoms with van der Waals surface area (Å²) in [6.45, 7) is 1.85. The maximum absolute atomic E-state index is 12.3. The summed E-state index contributed by atoms with van der Waals surface area (Å²) in [6, 6.07) is 6.80. The number of methoxy groups -OCH3 is 1. The molecule has 0 spiro atoms. The van der Waals surface area contributed by atoms with Crippen LogP contribution in [0.15, 0.2) is 33.8 Å². The number of aryl methyl sites for hydroxylation is 1. The number of carbonyl (C=O) groups is 2. The van der Waals surface area contributed by atoms with Crippen LogP contribution in [0.5, 0.6) is 5.75 Å². The summed E-state index contributed by atoms with van der Waals surface area (Å²) < 4.78 is 10.9. The summed E-state index contributed by atoms with van der Waals surface area (Å²) >= 11 is 0. The smallest absolute Gasteiger partial charge is 0.289 e. The van der Waals surface area contributed by atoms with Gasteiger partial charge in [0.25, 0.3) is 11.8 Å². The first-order valence-corrected chi connectivity index (χ1v) is 8.77. The van der Waals surface area contributed by atoms with Gasteiger partial charge in [-0.3, -0.25) is 9.59 Å². The lowest BCUT2D eigenvalue weighted by atomic mass is 9.93. The molecule has 1 aliphatic rings. The van der Waals surface area contributed by atoms with Crippen molar-refractivity contribution < 1.29 is 18.7 Å². The predicted molar refractivity (Wildman–Crippen MR) is 101 cm³/mol. The van der Waals surface area contributed by atoms with Gasteiger partial charge in [0, 0.05) is 37.2 Å². The molecule has 1 aliphatic carbocycles. The number of carbonyl (C=O) groups excluding carboxylic acids is 2. The summed E-state index contributed by atoms with van der Waals surface area (Å²) in [5.41, 5.74) is 5.43. The second kappa shape index (κ2) is 7.65. The fourth-order valence-corrected chi connectivity index (χ4v) is 3.11. The van der Waals surface area contributed by atoms with Gasteiger partial charge in [-0.15, -0.1) is 0 Å². The van der Waals surface area contributed by atoms with Crippen molar-refractivity contribution in [2.24, 2.45) is 5.10 Å². The number of rotatable bonds is 4. The standard InChI is InChI=1S/C20H23N3O4/c1-12-17-15(6-5-7-16(17)27-18(12)20(25)23(2)3)21-22-19(24)13-8-10-14(26-4)11-9-13/h8-11H,5-7H2,1-4H3,(H,22,24)/b21-15+. The SMILES string of the molecule is COc1ccc(C(=O)N/N=C2\CCCc3oc(C(=O)N(C)C)c(C)c32)cc1. The Morgan fingerprint density at radius 3 is 2.52 bits per heavy atom. The Labute approximate surface area is 158 Å². The molecule has 0 fully saturated rings. The molecule has 0 bridgehead atoms. The zero-order valence-corrected chi connectivity index (χ0v) is 16.0. The van der Waals surface area contributed by atoms with E-state index in [4.69, 9.17) is 9.15 Å². The van der Waals surface area contributed by atoms with Crippen LogP contribution in [0, 0.1) is 6.92 Å². The van der Waals surface area contributed by atoms with Gasteiger partial charge in [-0.25, -0.2) is 5.43 Å². The monoisotopic (exact) mass is 369 g/mol. The highest BCUT2D eigenvalue weighted by Gasteiger charge is 2.28. The Kier molecular flexibility index (Phi) is 5.30.